The molecule has 0 saturated heterocycles. The van der Waals surface area contributed by atoms with Crippen LogP contribution >= 0.6 is 0 Å². The summed E-state index contributed by atoms with van der Waals surface area (Å²) in [6.45, 7) is 5.29. The summed E-state index contributed by atoms with van der Waals surface area (Å²) in [5, 5.41) is 2.88. The van der Waals surface area contributed by atoms with E-state index in [9.17, 15) is 9.18 Å². The molecule has 1 amide bonds. The fourth-order valence-electron chi connectivity index (χ4n) is 1.83. The van der Waals surface area contributed by atoms with Gasteiger partial charge in [-0.2, -0.15) is 0 Å². The predicted molar refractivity (Wildman–Crippen MR) is 70.6 cm³/mol. The number of carbonyl (C=O) groups is 1. The Morgan fingerprint density at radius 3 is 2.44 bits per heavy atom. The van der Waals surface area contributed by atoms with Gasteiger partial charge >= 0.3 is 0 Å². The van der Waals surface area contributed by atoms with Gasteiger partial charge in [-0.05, 0) is 37.7 Å². The van der Waals surface area contributed by atoms with Crippen molar-refractivity contribution in [2.24, 2.45) is 0 Å². The lowest BCUT2D eigenvalue weighted by Crippen LogP contribution is -2.44. The molecule has 4 heteroatoms. The first-order chi connectivity index (χ1) is 8.58. The molecule has 1 atom stereocenters. The van der Waals surface area contributed by atoms with Crippen molar-refractivity contribution in [3.63, 3.8) is 0 Å². The fraction of sp³-hybridized carbons (Fsp3) is 0.500. The lowest BCUT2D eigenvalue weighted by atomic mass is 10.1. The zero-order chi connectivity index (χ0) is 13.5. The van der Waals surface area contributed by atoms with E-state index < -0.39 is 0 Å². The highest BCUT2D eigenvalue weighted by Gasteiger charge is 2.19. The average Bonchev–Trinajstić information content (AvgIpc) is 2.38. The minimum Gasteiger partial charge on any atom is -0.351 e. The summed E-state index contributed by atoms with van der Waals surface area (Å²) in [4.78, 5) is 14.0. The van der Waals surface area contributed by atoms with Gasteiger partial charge in [-0.3, -0.25) is 9.69 Å². The van der Waals surface area contributed by atoms with Crippen LogP contribution in [0.4, 0.5) is 4.39 Å². The third kappa shape index (κ3) is 4.11. The van der Waals surface area contributed by atoms with Gasteiger partial charge in [0.2, 0.25) is 5.91 Å². The molecule has 1 rings (SSSR count). The summed E-state index contributed by atoms with van der Waals surface area (Å²) < 4.78 is 12.7. The first-order valence-corrected chi connectivity index (χ1v) is 6.30. The fourth-order valence-corrected chi connectivity index (χ4v) is 1.83. The van der Waals surface area contributed by atoms with Crippen molar-refractivity contribution in [1.29, 1.82) is 0 Å². The summed E-state index contributed by atoms with van der Waals surface area (Å²) in [6.07, 6.45) is 0.777. The van der Waals surface area contributed by atoms with Crippen LogP contribution in [0.3, 0.4) is 0 Å². The van der Waals surface area contributed by atoms with E-state index in [1.165, 1.54) is 12.1 Å². The summed E-state index contributed by atoms with van der Waals surface area (Å²) in [5.41, 5.74) is 0.902. The van der Waals surface area contributed by atoms with Crippen molar-refractivity contribution in [3.8, 4) is 0 Å². The summed E-state index contributed by atoms with van der Waals surface area (Å²) >= 11 is 0. The van der Waals surface area contributed by atoms with Gasteiger partial charge in [-0.25, -0.2) is 4.39 Å². The van der Waals surface area contributed by atoms with Gasteiger partial charge in [-0.15, -0.1) is 0 Å². The maximum atomic E-state index is 12.7. The van der Waals surface area contributed by atoms with Gasteiger partial charge in [-0.1, -0.05) is 26.0 Å². The van der Waals surface area contributed by atoms with Gasteiger partial charge < -0.3 is 5.32 Å². The number of nitrogens with one attached hydrogen (secondary N) is 1. The van der Waals surface area contributed by atoms with Crippen LogP contribution in [0.15, 0.2) is 24.3 Å². The lowest BCUT2D eigenvalue weighted by molar-refractivity contribution is -0.126. The highest BCUT2D eigenvalue weighted by Crippen LogP contribution is 2.04. The molecule has 1 N–H and O–H groups in total. The topological polar surface area (TPSA) is 32.3 Å². The van der Waals surface area contributed by atoms with E-state index in [1.807, 2.05) is 25.8 Å². The molecule has 0 radical (unpaired) electrons. The highest BCUT2D eigenvalue weighted by molar-refractivity contribution is 5.81. The Bertz CT molecular complexity index is 378. The van der Waals surface area contributed by atoms with E-state index in [2.05, 4.69) is 5.32 Å². The second-order valence-corrected chi connectivity index (χ2v) is 4.34. The molecule has 0 aliphatic heterocycles. The molecule has 0 bridgehead atoms. The molecule has 0 aliphatic carbocycles. The Morgan fingerprint density at radius 2 is 1.94 bits per heavy atom. The molecular weight excluding hydrogens is 231 g/mol. The molecule has 3 nitrogen and oxygen atoms in total. The van der Waals surface area contributed by atoms with Crippen LogP contribution < -0.4 is 5.32 Å². The monoisotopic (exact) mass is 252 g/mol. The Kier molecular flexibility index (Phi) is 5.78. The number of nitrogens with zero attached hydrogens (tertiary/aromatic N) is 1. The first kappa shape index (κ1) is 14.6. The minimum atomic E-state index is -0.262. The quantitative estimate of drug-likeness (QED) is 0.841. The van der Waals surface area contributed by atoms with Crippen LogP contribution in [0.2, 0.25) is 0 Å². The molecule has 1 aromatic carbocycles. The maximum Gasteiger partial charge on any atom is 0.237 e. The van der Waals surface area contributed by atoms with Crippen molar-refractivity contribution in [2.75, 3.05) is 13.6 Å². The smallest absolute Gasteiger partial charge is 0.237 e. The van der Waals surface area contributed by atoms with Crippen molar-refractivity contribution in [3.05, 3.63) is 35.6 Å². The largest absolute Gasteiger partial charge is 0.351 e. The van der Waals surface area contributed by atoms with Crippen molar-refractivity contribution in [2.45, 2.75) is 32.9 Å². The van der Waals surface area contributed by atoms with E-state index in [-0.39, 0.29) is 17.8 Å². The van der Waals surface area contributed by atoms with E-state index >= 15 is 0 Å². The van der Waals surface area contributed by atoms with Crippen molar-refractivity contribution >= 4 is 5.91 Å². The molecule has 1 unspecified atom stereocenters. The predicted octanol–water partition coefficient (Wildman–Crippen LogP) is 2.17. The van der Waals surface area contributed by atoms with E-state index in [4.69, 9.17) is 0 Å². The second kappa shape index (κ2) is 7.11. The third-order valence-corrected chi connectivity index (χ3v) is 3.10. The Labute approximate surface area is 108 Å². The van der Waals surface area contributed by atoms with E-state index in [0.717, 1.165) is 18.5 Å². The molecule has 100 valence electrons. The molecule has 0 saturated carbocycles. The van der Waals surface area contributed by atoms with E-state index in [1.54, 1.807) is 12.1 Å². The Balaban J connectivity index is 2.51. The molecule has 0 fully saturated rings. The normalized spacial score (nSPS) is 12.5. The molecule has 0 heterocycles. The molecule has 0 spiro atoms. The van der Waals surface area contributed by atoms with Crippen LogP contribution in [0.25, 0.3) is 0 Å². The van der Waals surface area contributed by atoms with Gasteiger partial charge in [0, 0.05) is 6.54 Å². The highest BCUT2D eigenvalue weighted by atomic mass is 19.1. The van der Waals surface area contributed by atoms with Crippen LogP contribution in [0.5, 0.6) is 0 Å². The number of carbonyl (C=O) groups excluding carboxylic acids is 1. The molecule has 0 aromatic heterocycles. The number of rotatable bonds is 6. The molecule has 0 aliphatic rings. The number of hydrogen-bond donors (Lipinski definition) is 1. The van der Waals surface area contributed by atoms with Gasteiger partial charge in [0.25, 0.3) is 0 Å². The minimum absolute atomic E-state index is 0.0196. The van der Waals surface area contributed by atoms with Crippen LogP contribution in [0, 0.1) is 5.82 Å². The van der Waals surface area contributed by atoms with Crippen molar-refractivity contribution in [1.82, 2.24) is 10.2 Å². The maximum absolute atomic E-state index is 12.7. The summed E-state index contributed by atoms with van der Waals surface area (Å²) in [5.74, 6) is -0.242. The number of amides is 1. The SMILES string of the molecule is CCC(C(=O)NCc1ccc(F)cc1)N(C)CC. The zero-order valence-electron chi connectivity index (χ0n) is 11.2. The van der Waals surface area contributed by atoms with E-state index in [0.29, 0.717) is 6.54 Å². The van der Waals surface area contributed by atoms with Crippen LogP contribution in [-0.4, -0.2) is 30.4 Å². The van der Waals surface area contributed by atoms with Crippen molar-refractivity contribution < 1.29 is 9.18 Å². The summed E-state index contributed by atoms with van der Waals surface area (Å²) in [6, 6.07) is 6.06. The number of halogens is 1. The number of likely N-dealkylation sites (N-methyl/N-ethyl adjacent to an activating group) is 1. The lowest BCUT2D eigenvalue weighted by Gasteiger charge is -2.24. The molecule has 1 aromatic rings. The molecular formula is C14H21FN2O. The zero-order valence-corrected chi connectivity index (χ0v) is 11.2. The summed E-state index contributed by atoms with van der Waals surface area (Å²) in [7, 11) is 1.94. The van der Waals surface area contributed by atoms with Crippen LogP contribution in [-0.2, 0) is 11.3 Å². The van der Waals surface area contributed by atoms with Gasteiger partial charge in [0.15, 0.2) is 0 Å². The second-order valence-electron chi connectivity index (χ2n) is 4.34. The third-order valence-electron chi connectivity index (χ3n) is 3.10. The Hall–Kier alpha value is -1.42. The van der Waals surface area contributed by atoms with Gasteiger partial charge in [0.05, 0.1) is 6.04 Å². The molecule has 18 heavy (non-hydrogen) atoms. The Morgan fingerprint density at radius 1 is 1.33 bits per heavy atom. The number of benzene rings is 1. The first-order valence-electron chi connectivity index (χ1n) is 6.30. The average molecular weight is 252 g/mol. The standard InChI is InChI=1S/C14H21FN2O/c1-4-13(17(3)5-2)14(18)16-10-11-6-8-12(15)9-7-11/h6-9,13H,4-5,10H2,1-3H3,(H,16,18). The number of hydrogen-bond acceptors (Lipinski definition) is 2. The van der Waals surface area contributed by atoms with Gasteiger partial charge in [0.1, 0.15) is 5.82 Å². The van der Waals surface area contributed by atoms with Crippen LogP contribution in [0.1, 0.15) is 25.8 Å².